The number of pyridine rings is 1. The summed E-state index contributed by atoms with van der Waals surface area (Å²) in [5, 5.41) is 0. The molecule has 0 aliphatic rings. The highest BCUT2D eigenvalue weighted by Crippen LogP contribution is 2.24. The molecule has 0 amide bonds. The van der Waals surface area contributed by atoms with Crippen LogP contribution in [0.4, 0.5) is 5.82 Å². The number of rotatable bonds is 2. The van der Waals surface area contributed by atoms with Gasteiger partial charge in [-0.15, -0.1) is 0 Å². The summed E-state index contributed by atoms with van der Waals surface area (Å²) in [5.41, 5.74) is 7.88. The summed E-state index contributed by atoms with van der Waals surface area (Å²) in [6.07, 6.45) is 0. The van der Waals surface area contributed by atoms with Gasteiger partial charge in [-0.1, -0.05) is 23.8 Å². The van der Waals surface area contributed by atoms with Crippen LogP contribution in [-0.2, 0) is 0 Å². The van der Waals surface area contributed by atoms with Gasteiger partial charge in [0.25, 0.3) is 0 Å². The van der Waals surface area contributed by atoms with Crippen LogP contribution in [0.3, 0.4) is 0 Å². The lowest BCUT2D eigenvalue weighted by molar-refractivity contribution is 0.460. The Hall–Kier alpha value is -2.03. The number of anilines is 1. The van der Waals surface area contributed by atoms with Gasteiger partial charge in [-0.25, -0.2) is 0 Å². The van der Waals surface area contributed by atoms with E-state index < -0.39 is 0 Å². The van der Waals surface area contributed by atoms with E-state index in [1.54, 1.807) is 12.1 Å². The first-order valence-electron chi connectivity index (χ1n) is 5.13. The standard InChI is InChI=1S/C13H14N2O/c1-9-6-7-11(10(2)8-9)16-13-5-3-4-12(14)15-13/h3-8H,1-2H3,(H2,14,15). The van der Waals surface area contributed by atoms with Crippen molar-refractivity contribution < 1.29 is 4.74 Å². The van der Waals surface area contributed by atoms with Gasteiger partial charge >= 0.3 is 0 Å². The molecule has 0 atom stereocenters. The number of hydrogen-bond acceptors (Lipinski definition) is 3. The SMILES string of the molecule is Cc1ccc(Oc2cccc(N)n2)c(C)c1. The number of benzene rings is 1. The van der Waals surface area contributed by atoms with E-state index in [1.807, 2.05) is 25.1 Å². The molecule has 0 aliphatic heterocycles. The Morgan fingerprint density at radius 2 is 1.94 bits per heavy atom. The Balaban J connectivity index is 2.27. The molecule has 2 rings (SSSR count). The Morgan fingerprint density at radius 3 is 2.62 bits per heavy atom. The van der Waals surface area contributed by atoms with Crippen molar-refractivity contribution in [3.63, 3.8) is 0 Å². The zero-order chi connectivity index (χ0) is 11.5. The molecule has 0 unspecified atom stereocenters. The van der Waals surface area contributed by atoms with E-state index in [1.165, 1.54) is 5.56 Å². The molecule has 0 radical (unpaired) electrons. The van der Waals surface area contributed by atoms with Crippen molar-refractivity contribution in [1.29, 1.82) is 0 Å². The second kappa shape index (κ2) is 4.23. The molecule has 0 bridgehead atoms. The molecule has 1 aromatic heterocycles. The highest BCUT2D eigenvalue weighted by molar-refractivity contribution is 5.39. The average Bonchev–Trinajstić information content (AvgIpc) is 2.22. The van der Waals surface area contributed by atoms with E-state index in [9.17, 15) is 0 Å². The first-order chi connectivity index (χ1) is 7.65. The molecule has 2 aromatic rings. The number of nitrogens with zero attached hydrogens (tertiary/aromatic N) is 1. The molecule has 3 nitrogen and oxygen atoms in total. The summed E-state index contributed by atoms with van der Waals surface area (Å²) in [6.45, 7) is 4.06. The summed E-state index contributed by atoms with van der Waals surface area (Å²) in [4.78, 5) is 4.09. The molecule has 0 saturated heterocycles. The molecule has 3 heteroatoms. The van der Waals surface area contributed by atoms with E-state index in [0.717, 1.165) is 11.3 Å². The minimum absolute atomic E-state index is 0.460. The topological polar surface area (TPSA) is 48.1 Å². The fourth-order valence-corrected chi connectivity index (χ4v) is 1.51. The zero-order valence-corrected chi connectivity index (χ0v) is 9.40. The lowest BCUT2D eigenvalue weighted by Gasteiger charge is -2.08. The maximum absolute atomic E-state index is 5.65. The number of hydrogen-bond donors (Lipinski definition) is 1. The van der Waals surface area contributed by atoms with Crippen LogP contribution in [0.2, 0.25) is 0 Å². The van der Waals surface area contributed by atoms with E-state index in [2.05, 4.69) is 18.0 Å². The number of nitrogen functional groups attached to an aromatic ring is 1. The van der Waals surface area contributed by atoms with Gasteiger partial charge in [0, 0.05) is 6.07 Å². The normalized spacial score (nSPS) is 10.1. The molecule has 2 N–H and O–H groups in total. The van der Waals surface area contributed by atoms with Gasteiger partial charge < -0.3 is 10.5 Å². The van der Waals surface area contributed by atoms with Crippen LogP contribution in [0.5, 0.6) is 11.6 Å². The molecular weight excluding hydrogens is 200 g/mol. The molecule has 0 fully saturated rings. The van der Waals surface area contributed by atoms with Gasteiger partial charge in [0.2, 0.25) is 5.88 Å². The number of aryl methyl sites for hydroxylation is 2. The maximum atomic E-state index is 5.65. The third-order valence-electron chi connectivity index (χ3n) is 2.29. The fraction of sp³-hybridized carbons (Fsp3) is 0.154. The van der Waals surface area contributed by atoms with E-state index >= 15 is 0 Å². The third-order valence-corrected chi connectivity index (χ3v) is 2.29. The van der Waals surface area contributed by atoms with Crippen molar-refractivity contribution in [2.24, 2.45) is 0 Å². The van der Waals surface area contributed by atoms with Crippen LogP contribution < -0.4 is 10.5 Å². The predicted molar refractivity (Wildman–Crippen MR) is 64.6 cm³/mol. The minimum atomic E-state index is 0.460. The molecule has 0 saturated carbocycles. The monoisotopic (exact) mass is 214 g/mol. The van der Waals surface area contributed by atoms with Gasteiger partial charge in [-0.05, 0) is 31.5 Å². The predicted octanol–water partition coefficient (Wildman–Crippen LogP) is 3.07. The zero-order valence-electron chi connectivity index (χ0n) is 9.40. The van der Waals surface area contributed by atoms with E-state index in [4.69, 9.17) is 10.5 Å². The van der Waals surface area contributed by atoms with Crippen molar-refractivity contribution in [1.82, 2.24) is 4.98 Å². The lowest BCUT2D eigenvalue weighted by atomic mass is 10.1. The molecule has 82 valence electrons. The van der Waals surface area contributed by atoms with Crippen molar-refractivity contribution in [2.75, 3.05) is 5.73 Å². The van der Waals surface area contributed by atoms with Crippen LogP contribution >= 0.6 is 0 Å². The number of nitrogens with two attached hydrogens (primary N) is 1. The Morgan fingerprint density at radius 1 is 1.12 bits per heavy atom. The van der Waals surface area contributed by atoms with Gasteiger partial charge in [-0.2, -0.15) is 4.98 Å². The lowest BCUT2D eigenvalue weighted by Crippen LogP contribution is -1.94. The van der Waals surface area contributed by atoms with Gasteiger partial charge in [-0.3, -0.25) is 0 Å². The van der Waals surface area contributed by atoms with Crippen LogP contribution in [0.25, 0.3) is 0 Å². The molecule has 16 heavy (non-hydrogen) atoms. The summed E-state index contributed by atoms with van der Waals surface area (Å²) < 4.78 is 5.65. The Bertz CT molecular complexity index is 509. The van der Waals surface area contributed by atoms with Gasteiger partial charge in [0.15, 0.2) is 0 Å². The van der Waals surface area contributed by atoms with Crippen molar-refractivity contribution in [3.8, 4) is 11.6 Å². The van der Waals surface area contributed by atoms with Crippen LogP contribution in [0, 0.1) is 13.8 Å². The molecule has 0 aliphatic carbocycles. The largest absolute Gasteiger partial charge is 0.439 e. The van der Waals surface area contributed by atoms with Gasteiger partial charge in [0.1, 0.15) is 11.6 Å². The molecule has 0 spiro atoms. The number of ether oxygens (including phenoxy) is 1. The highest BCUT2D eigenvalue weighted by Gasteiger charge is 2.02. The Labute approximate surface area is 94.9 Å². The highest BCUT2D eigenvalue weighted by atomic mass is 16.5. The summed E-state index contributed by atoms with van der Waals surface area (Å²) >= 11 is 0. The number of aromatic nitrogens is 1. The van der Waals surface area contributed by atoms with Crippen LogP contribution in [0.15, 0.2) is 36.4 Å². The quantitative estimate of drug-likeness (QED) is 0.835. The van der Waals surface area contributed by atoms with E-state index in [0.29, 0.717) is 11.7 Å². The van der Waals surface area contributed by atoms with Crippen molar-refractivity contribution >= 4 is 5.82 Å². The summed E-state index contributed by atoms with van der Waals surface area (Å²) in [5.74, 6) is 1.79. The van der Waals surface area contributed by atoms with Crippen LogP contribution in [-0.4, -0.2) is 4.98 Å². The van der Waals surface area contributed by atoms with Crippen molar-refractivity contribution in [2.45, 2.75) is 13.8 Å². The minimum Gasteiger partial charge on any atom is -0.439 e. The van der Waals surface area contributed by atoms with Crippen molar-refractivity contribution in [3.05, 3.63) is 47.5 Å². The summed E-state index contributed by atoms with van der Waals surface area (Å²) in [6, 6.07) is 11.4. The smallest absolute Gasteiger partial charge is 0.221 e. The van der Waals surface area contributed by atoms with Crippen LogP contribution in [0.1, 0.15) is 11.1 Å². The van der Waals surface area contributed by atoms with E-state index in [-0.39, 0.29) is 0 Å². The maximum Gasteiger partial charge on any atom is 0.221 e. The first-order valence-corrected chi connectivity index (χ1v) is 5.13. The summed E-state index contributed by atoms with van der Waals surface area (Å²) in [7, 11) is 0. The molecule has 1 heterocycles. The second-order valence-electron chi connectivity index (χ2n) is 3.77. The van der Waals surface area contributed by atoms with Gasteiger partial charge in [0.05, 0.1) is 0 Å². The first kappa shape index (κ1) is 10.5. The third kappa shape index (κ3) is 2.31. The Kier molecular flexibility index (Phi) is 2.77. The molecule has 1 aromatic carbocycles. The second-order valence-corrected chi connectivity index (χ2v) is 3.77. The molecular formula is C13H14N2O. The fourth-order valence-electron chi connectivity index (χ4n) is 1.51. The average molecular weight is 214 g/mol.